The number of halogens is 1. The average molecular weight is 257 g/mol. The van der Waals surface area contributed by atoms with Gasteiger partial charge in [-0.05, 0) is 16.8 Å². The van der Waals surface area contributed by atoms with Gasteiger partial charge in [0.15, 0.2) is 5.65 Å². The Hall–Kier alpha value is -1.47. The summed E-state index contributed by atoms with van der Waals surface area (Å²) in [5.74, 6) is 0.744. The molecule has 0 radical (unpaired) electrons. The summed E-state index contributed by atoms with van der Waals surface area (Å²) in [6.07, 6.45) is 4.05. The molecular weight excluding hydrogens is 244 g/mol. The molecule has 17 heavy (non-hydrogen) atoms. The zero-order valence-electron chi connectivity index (χ0n) is 9.38. The van der Waals surface area contributed by atoms with Crippen LogP contribution in [0.2, 0.25) is 0 Å². The molecule has 2 aromatic heterocycles. The highest BCUT2D eigenvalue weighted by atomic mass is 35.5. The van der Waals surface area contributed by atoms with Gasteiger partial charge in [0.25, 0.3) is 0 Å². The third-order valence-electron chi connectivity index (χ3n) is 2.22. The van der Waals surface area contributed by atoms with Gasteiger partial charge in [0.1, 0.15) is 5.82 Å². The van der Waals surface area contributed by atoms with E-state index in [1.54, 1.807) is 24.0 Å². The van der Waals surface area contributed by atoms with E-state index >= 15 is 0 Å². The molecule has 7 nitrogen and oxygen atoms in total. The Morgan fingerprint density at radius 2 is 2.41 bits per heavy atom. The molecule has 0 fully saturated rings. The standard InChI is InChI=1S/C9H13ClN6O/c1-17-6-7(10)2-3-12-8-4-11-5-9-13-14-15-16(8)9/h4-5,7,12H,2-3,6H2,1H3. The fourth-order valence-electron chi connectivity index (χ4n) is 1.42. The number of aromatic nitrogens is 5. The van der Waals surface area contributed by atoms with Crippen molar-refractivity contribution in [3.8, 4) is 0 Å². The SMILES string of the molecule is COCC(Cl)CCNc1cncc2nnnn12. The number of nitrogens with zero attached hydrogens (tertiary/aromatic N) is 5. The number of methoxy groups -OCH3 is 1. The summed E-state index contributed by atoms with van der Waals surface area (Å²) in [7, 11) is 1.63. The fraction of sp³-hybridized carbons (Fsp3) is 0.556. The molecule has 2 rings (SSSR count). The molecule has 0 bridgehead atoms. The quantitative estimate of drug-likeness (QED) is 0.762. The first-order valence-corrected chi connectivity index (χ1v) is 5.64. The van der Waals surface area contributed by atoms with Crippen LogP contribution >= 0.6 is 11.6 Å². The minimum absolute atomic E-state index is 0.00599. The van der Waals surface area contributed by atoms with Gasteiger partial charge in [-0.3, -0.25) is 4.98 Å². The second-order valence-electron chi connectivity index (χ2n) is 3.51. The fourth-order valence-corrected chi connectivity index (χ4v) is 1.65. The van der Waals surface area contributed by atoms with Crippen LogP contribution in [0.5, 0.6) is 0 Å². The molecule has 1 N–H and O–H groups in total. The summed E-state index contributed by atoms with van der Waals surface area (Å²) >= 11 is 6.02. The Morgan fingerprint density at radius 1 is 1.53 bits per heavy atom. The largest absolute Gasteiger partial charge is 0.383 e. The third kappa shape index (κ3) is 3.01. The molecule has 1 atom stereocenters. The van der Waals surface area contributed by atoms with E-state index in [9.17, 15) is 0 Å². The van der Waals surface area contributed by atoms with Crippen molar-refractivity contribution in [3.05, 3.63) is 12.4 Å². The summed E-state index contributed by atoms with van der Waals surface area (Å²) in [5, 5.41) is 14.4. The van der Waals surface area contributed by atoms with Crippen molar-refractivity contribution < 1.29 is 4.74 Å². The summed E-state index contributed by atoms with van der Waals surface area (Å²) in [6, 6.07) is 0. The molecule has 0 saturated heterocycles. The van der Waals surface area contributed by atoms with E-state index in [0.29, 0.717) is 18.8 Å². The predicted molar refractivity (Wildman–Crippen MR) is 63.2 cm³/mol. The number of tetrazole rings is 1. The lowest BCUT2D eigenvalue weighted by Gasteiger charge is -2.10. The molecule has 2 aromatic rings. The number of ether oxygens (including phenoxy) is 1. The van der Waals surface area contributed by atoms with E-state index in [4.69, 9.17) is 16.3 Å². The molecule has 2 heterocycles. The van der Waals surface area contributed by atoms with Gasteiger partial charge < -0.3 is 10.1 Å². The second-order valence-corrected chi connectivity index (χ2v) is 4.13. The molecule has 0 spiro atoms. The Morgan fingerprint density at radius 3 is 3.24 bits per heavy atom. The van der Waals surface area contributed by atoms with Crippen LogP contribution in [0.15, 0.2) is 12.4 Å². The first-order valence-electron chi connectivity index (χ1n) is 5.20. The van der Waals surface area contributed by atoms with Crippen LogP contribution in [0.4, 0.5) is 5.82 Å². The Kier molecular flexibility index (Phi) is 4.05. The van der Waals surface area contributed by atoms with Crippen molar-refractivity contribution >= 4 is 23.1 Å². The van der Waals surface area contributed by atoms with Crippen molar-refractivity contribution in [2.45, 2.75) is 11.8 Å². The summed E-state index contributed by atoms with van der Waals surface area (Å²) in [6.45, 7) is 1.24. The molecule has 0 aromatic carbocycles. The second kappa shape index (κ2) is 5.74. The van der Waals surface area contributed by atoms with Gasteiger partial charge in [0.2, 0.25) is 0 Å². The highest BCUT2D eigenvalue weighted by Gasteiger charge is 2.06. The lowest BCUT2D eigenvalue weighted by molar-refractivity contribution is 0.196. The molecule has 0 aliphatic rings. The van der Waals surface area contributed by atoms with Gasteiger partial charge in [-0.15, -0.1) is 16.7 Å². The maximum atomic E-state index is 6.02. The van der Waals surface area contributed by atoms with Crippen molar-refractivity contribution in [3.63, 3.8) is 0 Å². The van der Waals surface area contributed by atoms with E-state index in [-0.39, 0.29) is 5.38 Å². The average Bonchev–Trinajstić information content (AvgIpc) is 2.78. The molecule has 0 aliphatic carbocycles. The van der Waals surface area contributed by atoms with Crippen molar-refractivity contribution in [2.75, 3.05) is 25.6 Å². The first kappa shape index (κ1) is 12.0. The normalized spacial score (nSPS) is 12.8. The zero-order valence-corrected chi connectivity index (χ0v) is 10.1. The van der Waals surface area contributed by atoms with Crippen LogP contribution in [0.3, 0.4) is 0 Å². The van der Waals surface area contributed by atoms with Crippen molar-refractivity contribution in [2.24, 2.45) is 0 Å². The highest BCUT2D eigenvalue weighted by Crippen LogP contribution is 2.07. The minimum atomic E-state index is -0.00599. The van der Waals surface area contributed by atoms with Gasteiger partial charge >= 0.3 is 0 Å². The van der Waals surface area contributed by atoms with E-state index in [1.165, 1.54) is 0 Å². The maximum absolute atomic E-state index is 6.02. The van der Waals surface area contributed by atoms with Crippen LogP contribution in [0.1, 0.15) is 6.42 Å². The van der Waals surface area contributed by atoms with Crippen molar-refractivity contribution in [1.82, 2.24) is 25.0 Å². The Labute approximate surface area is 103 Å². The van der Waals surface area contributed by atoms with Crippen LogP contribution in [0.25, 0.3) is 5.65 Å². The number of hydrogen-bond donors (Lipinski definition) is 1. The molecule has 1 unspecified atom stereocenters. The van der Waals surface area contributed by atoms with Crippen LogP contribution < -0.4 is 5.32 Å². The molecule has 0 amide bonds. The summed E-state index contributed by atoms with van der Waals surface area (Å²) in [4.78, 5) is 4.04. The van der Waals surface area contributed by atoms with Crippen LogP contribution in [0, 0.1) is 0 Å². The number of alkyl halides is 1. The van der Waals surface area contributed by atoms with Crippen LogP contribution in [-0.4, -0.2) is 50.7 Å². The zero-order chi connectivity index (χ0) is 12.1. The molecule has 0 saturated carbocycles. The third-order valence-corrected chi connectivity index (χ3v) is 2.56. The number of fused-ring (bicyclic) bond motifs is 1. The molecule has 92 valence electrons. The molecule has 8 heteroatoms. The van der Waals surface area contributed by atoms with E-state index < -0.39 is 0 Å². The van der Waals surface area contributed by atoms with E-state index in [0.717, 1.165) is 12.2 Å². The monoisotopic (exact) mass is 256 g/mol. The van der Waals surface area contributed by atoms with Gasteiger partial charge in [-0.2, -0.15) is 4.52 Å². The summed E-state index contributed by atoms with van der Waals surface area (Å²) < 4.78 is 6.54. The van der Waals surface area contributed by atoms with Gasteiger partial charge in [0.05, 0.1) is 24.4 Å². The molecular formula is C9H13ClN6O. The van der Waals surface area contributed by atoms with Crippen molar-refractivity contribution in [1.29, 1.82) is 0 Å². The van der Waals surface area contributed by atoms with E-state index in [1.807, 2.05) is 0 Å². The Balaban J connectivity index is 1.92. The van der Waals surface area contributed by atoms with Gasteiger partial charge in [-0.1, -0.05) is 0 Å². The number of hydrogen-bond acceptors (Lipinski definition) is 6. The first-order chi connectivity index (χ1) is 8.31. The Bertz CT molecular complexity index is 475. The van der Waals surface area contributed by atoms with Crippen LogP contribution in [-0.2, 0) is 4.74 Å². The van der Waals surface area contributed by atoms with Gasteiger partial charge in [-0.25, -0.2) is 0 Å². The lowest BCUT2D eigenvalue weighted by atomic mass is 10.3. The smallest absolute Gasteiger partial charge is 0.199 e. The lowest BCUT2D eigenvalue weighted by Crippen LogP contribution is -2.15. The highest BCUT2D eigenvalue weighted by molar-refractivity contribution is 6.20. The number of rotatable bonds is 6. The topological polar surface area (TPSA) is 77.2 Å². The predicted octanol–water partition coefficient (Wildman–Crippen LogP) is 0.575. The maximum Gasteiger partial charge on any atom is 0.199 e. The number of nitrogens with one attached hydrogen (secondary N) is 1. The number of anilines is 1. The van der Waals surface area contributed by atoms with E-state index in [2.05, 4.69) is 25.8 Å². The van der Waals surface area contributed by atoms with Gasteiger partial charge in [0, 0.05) is 13.7 Å². The summed E-state index contributed by atoms with van der Waals surface area (Å²) in [5.41, 5.74) is 0.606. The minimum Gasteiger partial charge on any atom is -0.383 e. The molecule has 0 aliphatic heterocycles.